The molecular weight excluding hydrogens is 300 g/mol. The van der Waals surface area contributed by atoms with Crippen LogP contribution in [0.1, 0.15) is 38.3 Å². The molecule has 1 aromatic carbocycles. The fourth-order valence-electron chi connectivity index (χ4n) is 2.79. The van der Waals surface area contributed by atoms with Crippen LogP contribution in [0.25, 0.3) is 0 Å². The molecule has 5 nitrogen and oxygen atoms in total. The van der Waals surface area contributed by atoms with Crippen molar-refractivity contribution in [2.45, 2.75) is 43.7 Å². The largest absolute Gasteiger partial charge is 0.349 e. The predicted molar refractivity (Wildman–Crippen MR) is 86.3 cm³/mol. The maximum absolute atomic E-state index is 12.3. The Hall–Kier alpha value is -1.40. The molecule has 22 heavy (non-hydrogen) atoms. The van der Waals surface area contributed by atoms with Gasteiger partial charge in [-0.3, -0.25) is 4.79 Å². The summed E-state index contributed by atoms with van der Waals surface area (Å²) in [6.07, 6.45) is 2.90. The summed E-state index contributed by atoms with van der Waals surface area (Å²) in [6.45, 7) is 4.88. The zero-order valence-electron chi connectivity index (χ0n) is 13.3. The Morgan fingerprint density at radius 3 is 2.50 bits per heavy atom. The Morgan fingerprint density at radius 1 is 1.32 bits per heavy atom. The van der Waals surface area contributed by atoms with Crippen LogP contribution < -0.4 is 10.6 Å². The Morgan fingerprint density at radius 2 is 1.95 bits per heavy atom. The predicted octanol–water partition coefficient (Wildman–Crippen LogP) is 1.66. The van der Waals surface area contributed by atoms with Crippen LogP contribution in [-0.2, 0) is 14.6 Å². The van der Waals surface area contributed by atoms with E-state index in [1.54, 1.807) is 24.3 Å². The average Bonchev–Trinajstić information content (AvgIpc) is 2.46. The molecule has 0 spiro atoms. The number of sulfone groups is 1. The van der Waals surface area contributed by atoms with Crippen molar-refractivity contribution in [3.63, 3.8) is 0 Å². The third kappa shape index (κ3) is 4.30. The Balaban J connectivity index is 1.99. The highest BCUT2D eigenvalue weighted by molar-refractivity contribution is 7.90. The lowest BCUT2D eigenvalue weighted by molar-refractivity contribution is -0.126. The van der Waals surface area contributed by atoms with Gasteiger partial charge in [-0.05, 0) is 50.9 Å². The van der Waals surface area contributed by atoms with Crippen LogP contribution in [0, 0.1) is 5.92 Å². The monoisotopic (exact) mass is 324 g/mol. The van der Waals surface area contributed by atoms with Crippen molar-refractivity contribution >= 4 is 15.7 Å². The van der Waals surface area contributed by atoms with E-state index in [0.717, 1.165) is 24.9 Å². The first-order valence-electron chi connectivity index (χ1n) is 7.61. The zero-order valence-corrected chi connectivity index (χ0v) is 14.1. The van der Waals surface area contributed by atoms with E-state index >= 15 is 0 Å². The smallest absolute Gasteiger partial charge is 0.223 e. The Labute approximate surface area is 132 Å². The summed E-state index contributed by atoms with van der Waals surface area (Å²) >= 11 is 0. The molecule has 1 amide bonds. The highest BCUT2D eigenvalue weighted by Crippen LogP contribution is 2.20. The first-order valence-corrected chi connectivity index (χ1v) is 9.50. The quantitative estimate of drug-likeness (QED) is 0.883. The minimum Gasteiger partial charge on any atom is -0.349 e. The minimum atomic E-state index is -3.19. The van der Waals surface area contributed by atoms with E-state index in [1.165, 1.54) is 6.26 Å². The molecule has 1 aliphatic heterocycles. The third-order valence-electron chi connectivity index (χ3n) is 4.16. The lowest BCUT2D eigenvalue weighted by atomic mass is 9.92. The van der Waals surface area contributed by atoms with Crippen LogP contribution in [0.4, 0.5) is 0 Å². The summed E-state index contributed by atoms with van der Waals surface area (Å²) in [5.74, 6) is 0.127. The first-order chi connectivity index (χ1) is 10.3. The summed E-state index contributed by atoms with van der Waals surface area (Å²) in [5.41, 5.74) is 0.905. The van der Waals surface area contributed by atoms with E-state index < -0.39 is 9.84 Å². The Kier molecular flexibility index (Phi) is 5.24. The highest BCUT2D eigenvalue weighted by Gasteiger charge is 2.25. The number of hydrogen-bond donors (Lipinski definition) is 2. The Bertz CT molecular complexity index is 625. The lowest BCUT2D eigenvalue weighted by Crippen LogP contribution is -2.42. The van der Waals surface area contributed by atoms with Crippen molar-refractivity contribution in [2.75, 3.05) is 12.8 Å². The van der Waals surface area contributed by atoms with Gasteiger partial charge in [-0.1, -0.05) is 12.1 Å². The van der Waals surface area contributed by atoms with Crippen LogP contribution in [0.3, 0.4) is 0 Å². The molecule has 1 saturated heterocycles. The number of amides is 1. The molecule has 1 aliphatic rings. The molecule has 2 N–H and O–H groups in total. The van der Waals surface area contributed by atoms with E-state index in [1.807, 2.05) is 6.92 Å². The molecule has 122 valence electrons. The van der Waals surface area contributed by atoms with Crippen LogP contribution >= 0.6 is 0 Å². The van der Waals surface area contributed by atoms with Crippen LogP contribution in [0.15, 0.2) is 29.2 Å². The summed E-state index contributed by atoms with van der Waals surface area (Å²) < 4.78 is 22.9. The van der Waals surface area contributed by atoms with Gasteiger partial charge in [-0.25, -0.2) is 8.42 Å². The maximum atomic E-state index is 12.3. The fourth-order valence-corrected chi connectivity index (χ4v) is 3.42. The fraction of sp³-hybridized carbons (Fsp3) is 0.562. The second kappa shape index (κ2) is 6.79. The highest BCUT2D eigenvalue weighted by atomic mass is 32.2. The van der Waals surface area contributed by atoms with Crippen molar-refractivity contribution in [2.24, 2.45) is 5.92 Å². The van der Waals surface area contributed by atoms with E-state index in [4.69, 9.17) is 0 Å². The van der Waals surface area contributed by atoms with E-state index in [9.17, 15) is 13.2 Å². The van der Waals surface area contributed by atoms with Crippen LogP contribution in [0.2, 0.25) is 0 Å². The molecule has 3 atom stereocenters. The van der Waals surface area contributed by atoms with Crippen molar-refractivity contribution in [3.8, 4) is 0 Å². The molecule has 0 aliphatic carbocycles. The van der Waals surface area contributed by atoms with Gasteiger partial charge >= 0.3 is 0 Å². The maximum Gasteiger partial charge on any atom is 0.223 e. The number of benzene rings is 1. The van der Waals surface area contributed by atoms with E-state index in [-0.39, 0.29) is 17.9 Å². The van der Waals surface area contributed by atoms with Gasteiger partial charge in [0.25, 0.3) is 0 Å². The second-order valence-corrected chi connectivity index (χ2v) is 8.16. The number of carbonyl (C=O) groups is 1. The number of hydrogen-bond acceptors (Lipinski definition) is 4. The van der Waals surface area contributed by atoms with Crippen molar-refractivity contribution < 1.29 is 13.2 Å². The molecule has 0 saturated carbocycles. The summed E-state index contributed by atoms with van der Waals surface area (Å²) in [7, 11) is -3.19. The van der Waals surface area contributed by atoms with Crippen molar-refractivity contribution in [1.82, 2.24) is 10.6 Å². The molecular formula is C16H24N2O3S. The molecule has 0 bridgehead atoms. The molecule has 1 fully saturated rings. The zero-order chi connectivity index (χ0) is 16.3. The first kappa shape index (κ1) is 17.0. The van der Waals surface area contributed by atoms with E-state index in [2.05, 4.69) is 17.6 Å². The SMILES string of the molecule is CC(NC(=O)[C@H]1CCN[C@@H](C)C1)c1ccc(S(C)(=O)=O)cc1. The summed E-state index contributed by atoms with van der Waals surface area (Å²) in [6, 6.07) is 6.92. The van der Waals surface area contributed by atoms with Gasteiger partial charge in [0, 0.05) is 18.2 Å². The van der Waals surface area contributed by atoms with Gasteiger partial charge in [0.15, 0.2) is 9.84 Å². The van der Waals surface area contributed by atoms with Gasteiger partial charge in [0.1, 0.15) is 0 Å². The summed E-state index contributed by atoms with van der Waals surface area (Å²) in [5, 5.41) is 6.36. The summed E-state index contributed by atoms with van der Waals surface area (Å²) in [4.78, 5) is 12.6. The van der Waals surface area contributed by atoms with Crippen LogP contribution in [-0.4, -0.2) is 33.2 Å². The molecule has 6 heteroatoms. The number of rotatable bonds is 4. The third-order valence-corrected chi connectivity index (χ3v) is 5.29. The van der Waals surface area contributed by atoms with Gasteiger partial charge in [-0.15, -0.1) is 0 Å². The molecule has 0 aromatic heterocycles. The second-order valence-electron chi connectivity index (χ2n) is 6.15. The number of carbonyl (C=O) groups excluding carboxylic acids is 1. The molecule has 0 radical (unpaired) electrons. The van der Waals surface area contributed by atoms with Crippen molar-refractivity contribution in [1.29, 1.82) is 0 Å². The topological polar surface area (TPSA) is 75.3 Å². The molecule has 1 heterocycles. The molecule has 1 aromatic rings. The average molecular weight is 324 g/mol. The molecule has 2 rings (SSSR count). The molecule has 1 unspecified atom stereocenters. The van der Waals surface area contributed by atoms with Gasteiger partial charge in [-0.2, -0.15) is 0 Å². The normalized spacial score (nSPS) is 23.8. The van der Waals surface area contributed by atoms with Gasteiger partial charge in [0.2, 0.25) is 5.91 Å². The van der Waals surface area contributed by atoms with Crippen LogP contribution in [0.5, 0.6) is 0 Å². The number of nitrogens with one attached hydrogen (secondary N) is 2. The van der Waals surface area contributed by atoms with Crippen molar-refractivity contribution in [3.05, 3.63) is 29.8 Å². The van der Waals surface area contributed by atoms with E-state index in [0.29, 0.717) is 10.9 Å². The van der Waals surface area contributed by atoms with Gasteiger partial charge < -0.3 is 10.6 Å². The standard InChI is InChI=1S/C16H24N2O3S/c1-11-10-14(8-9-17-11)16(19)18-12(2)13-4-6-15(7-5-13)22(3,20)21/h4-7,11-12,14,17H,8-10H2,1-3H3,(H,18,19)/t11-,12?,14-/m0/s1. The number of piperidine rings is 1. The lowest BCUT2D eigenvalue weighted by Gasteiger charge is -2.28. The minimum absolute atomic E-state index is 0.0500. The van der Waals surface area contributed by atoms with Gasteiger partial charge in [0.05, 0.1) is 10.9 Å².